The molecule has 8 heteroatoms. The van der Waals surface area contributed by atoms with Gasteiger partial charge in [-0.25, -0.2) is 0 Å². The number of rotatable bonds is 7. The van der Waals surface area contributed by atoms with Crippen LogP contribution < -0.4 is 19.1 Å². The third kappa shape index (κ3) is 5.40. The van der Waals surface area contributed by atoms with Gasteiger partial charge in [0.05, 0.1) is 24.8 Å². The van der Waals surface area contributed by atoms with Crippen LogP contribution in [0.4, 0.5) is 5.69 Å². The standard InChI is InChI=1S/C25H20BrNO4S2/c1-29-20-10-8-19(9-11-20)27-24(28)23(33-25(27)32)14-17-5-12-21(22(13-17)30-2)31-15-16-3-6-18(26)7-4-16/h3-14H,15H2,1-2H3. The molecular formula is C25H20BrNO4S2. The summed E-state index contributed by atoms with van der Waals surface area (Å²) >= 11 is 10.2. The Hall–Kier alpha value is -2.81. The Bertz CT molecular complexity index is 1210. The highest BCUT2D eigenvalue weighted by Crippen LogP contribution is 2.37. The minimum atomic E-state index is -0.162. The van der Waals surface area contributed by atoms with Gasteiger partial charge in [-0.3, -0.25) is 9.69 Å². The van der Waals surface area contributed by atoms with E-state index in [-0.39, 0.29) is 5.91 Å². The highest BCUT2D eigenvalue weighted by atomic mass is 79.9. The first-order valence-corrected chi connectivity index (χ1v) is 12.0. The summed E-state index contributed by atoms with van der Waals surface area (Å²) in [5.74, 6) is 1.77. The topological polar surface area (TPSA) is 48.0 Å². The number of carbonyl (C=O) groups is 1. The van der Waals surface area contributed by atoms with E-state index in [1.807, 2.05) is 60.7 Å². The molecule has 0 aliphatic carbocycles. The van der Waals surface area contributed by atoms with Gasteiger partial charge in [0, 0.05) is 4.47 Å². The molecule has 0 N–H and O–H groups in total. The Morgan fingerprint density at radius 1 is 0.970 bits per heavy atom. The number of thiocarbonyl (C=S) groups is 1. The lowest BCUT2D eigenvalue weighted by Crippen LogP contribution is -2.27. The normalized spacial score (nSPS) is 14.6. The molecule has 168 valence electrons. The van der Waals surface area contributed by atoms with Gasteiger partial charge in [-0.2, -0.15) is 0 Å². The Labute approximate surface area is 210 Å². The van der Waals surface area contributed by atoms with Crippen molar-refractivity contribution in [2.24, 2.45) is 0 Å². The largest absolute Gasteiger partial charge is 0.497 e. The smallest absolute Gasteiger partial charge is 0.270 e. The number of benzene rings is 3. The van der Waals surface area contributed by atoms with Crippen LogP contribution in [0.5, 0.6) is 17.2 Å². The van der Waals surface area contributed by atoms with E-state index in [1.165, 1.54) is 16.7 Å². The first kappa shape index (κ1) is 23.4. The van der Waals surface area contributed by atoms with Crippen molar-refractivity contribution in [3.8, 4) is 17.2 Å². The van der Waals surface area contributed by atoms with Gasteiger partial charge in [-0.1, -0.05) is 58.1 Å². The summed E-state index contributed by atoms with van der Waals surface area (Å²) in [5.41, 5.74) is 2.57. The zero-order valence-electron chi connectivity index (χ0n) is 17.9. The maximum absolute atomic E-state index is 13.0. The van der Waals surface area contributed by atoms with E-state index < -0.39 is 0 Å². The van der Waals surface area contributed by atoms with Crippen LogP contribution in [0, 0.1) is 0 Å². The molecule has 0 spiro atoms. The zero-order valence-corrected chi connectivity index (χ0v) is 21.1. The van der Waals surface area contributed by atoms with Crippen LogP contribution in [0.15, 0.2) is 76.1 Å². The van der Waals surface area contributed by atoms with Gasteiger partial charge in [-0.05, 0) is 65.7 Å². The zero-order chi connectivity index (χ0) is 23.4. The number of hydrogen-bond acceptors (Lipinski definition) is 6. The van der Waals surface area contributed by atoms with Gasteiger partial charge in [0.25, 0.3) is 5.91 Å². The van der Waals surface area contributed by atoms with Crippen LogP contribution in [0.3, 0.4) is 0 Å². The maximum Gasteiger partial charge on any atom is 0.270 e. The highest BCUT2D eigenvalue weighted by Gasteiger charge is 2.33. The predicted octanol–water partition coefficient (Wildman–Crippen LogP) is 6.45. The minimum absolute atomic E-state index is 0.162. The van der Waals surface area contributed by atoms with Crippen molar-refractivity contribution in [2.45, 2.75) is 6.61 Å². The summed E-state index contributed by atoms with van der Waals surface area (Å²) in [7, 11) is 3.19. The lowest BCUT2D eigenvalue weighted by Gasteiger charge is -2.14. The van der Waals surface area contributed by atoms with Gasteiger partial charge in [0.15, 0.2) is 15.8 Å². The molecular weight excluding hydrogens is 522 g/mol. The second-order valence-corrected chi connectivity index (χ2v) is 9.63. The van der Waals surface area contributed by atoms with E-state index in [0.717, 1.165) is 15.6 Å². The SMILES string of the molecule is COc1ccc(N2C(=O)C(=Cc3ccc(OCc4ccc(Br)cc4)c(OC)c3)SC2=S)cc1. The molecule has 3 aromatic carbocycles. The van der Waals surface area contributed by atoms with E-state index >= 15 is 0 Å². The summed E-state index contributed by atoms with van der Waals surface area (Å²) in [6.45, 7) is 0.420. The Morgan fingerprint density at radius 3 is 2.36 bits per heavy atom. The monoisotopic (exact) mass is 541 g/mol. The average Bonchev–Trinajstić information content (AvgIpc) is 3.11. The van der Waals surface area contributed by atoms with Crippen LogP contribution in [-0.2, 0) is 11.4 Å². The number of thioether (sulfide) groups is 1. The molecule has 3 aromatic rings. The molecule has 0 aromatic heterocycles. The summed E-state index contributed by atoms with van der Waals surface area (Å²) in [6.07, 6.45) is 1.81. The molecule has 0 unspecified atom stereocenters. The van der Waals surface area contributed by atoms with Crippen molar-refractivity contribution in [2.75, 3.05) is 19.1 Å². The van der Waals surface area contributed by atoms with Gasteiger partial charge >= 0.3 is 0 Å². The molecule has 1 aliphatic rings. The van der Waals surface area contributed by atoms with Gasteiger partial charge in [-0.15, -0.1) is 0 Å². The van der Waals surface area contributed by atoms with Gasteiger partial charge in [0.2, 0.25) is 0 Å². The highest BCUT2D eigenvalue weighted by molar-refractivity contribution is 9.10. The Kier molecular flexibility index (Phi) is 7.37. The van der Waals surface area contributed by atoms with E-state index in [9.17, 15) is 4.79 Å². The van der Waals surface area contributed by atoms with Crippen molar-refractivity contribution in [3.63, 3.8) is 0 Å². The van der Waals surface area contributed by atoms with Gasteiger partial charge in [0.1, 0.15) is 12.4 Å². The Morgan fingerprint density at radius 2 is 1.70 bits per heavy atom. The lowest BCUT2D eigenvalue weighted by atomic mass is 10.1. The van der Waals surface area contributed by atoms with E-state index in [0.29, 0.717) is 38.8 Å². The van der Waals surface area contributed by atoms with E-state index in [2.05, 4.69) is 15.9 Å². The lowest BCUT2D eigenvalue weighted by molar-refractivity contribution is -0.113. The number of ether oxygens (including phenoxy) is 3. The van der Waals surface area contributed by atoms with Crippen molar-refractivity contribution < 1.29 is 19.0 Å². The summed E-state index contributed by atoms with van der Waals surface area (Å²) < 4.78 is 18.1. The number of hydrogen-bond donors (Lipinski definition) is 0. The molecule has 1 fully saturated rings. The van der Waals surface area contributed by atoms with Crippen molar-refractivity contribution in [3.05, 3.63) is 87.2 Å². The number of anilines is 1. The van der Waals surface area contributed by atoms with E-state index in [4.69, 9.17) is 26.4 Å². The van der Waals surface area contributed by atoms with Crippen LogP contribution in [-0.4, -0.2) is 24.4 Å². The fourth-order valence-electron chi connectivity index (χ4n) is 3.21. The van der Waals surface area contributed by atoms with Crippen molar-refractivity contribution >= 4 is 61.9 Å². The molecule has 0 bridgehead atoms. The molecule has 1 aliphatic heterocycles. The number of halogens is 1. The van der Waals surface area contributed by atoms with Crippen LogP contribution in [0.1, 0.15) is 11.1 Å². The fraction of sp³-hybridized carbons (Fsp3) is 0.120. The number of methoxy groups -OCH3 is 2. The van der Waals surface area contributed by atoms with Crippen molar-refractivity contribution in [1.29, 1.82) is 0 Å². The number of nitrogens with zero attached hydrogens (tertiary/aromatic N) is 1. The quantitative estimate of drug-likeness (QED) is 0.253. The fourth-order valence-corrected chi connectivity index (χ4v) is 4.77. The number of amides is 1. The Balaban J connectivity index is 1.51. The molecule has 0 atom stereocenters. The predicted molar refractivity (Wildman–Crippen MR) is 140 cm³/mol. The second-order valence-electron chi connectivity index (χ2n) is 7.04. The summed E-state index contributed by atoms with van der Waals surface area (Å²) in [6, 6.07) is 20.7. The maximum atomic E-state index is 13.0. The summed E-state index contributed by atoms with van der Waals surface area (Å²) in [5, 5.41) is 0. The molecule has 0 saturated carbocycles. The molecule has 1 heterocycles. The molecule has 1 saturated heterocycles. The van der Waals surface area contributed by atoms with Crippen LogP contribution in [0.25, 0.3) is 6.08 Å². The second kappa shape index (κ2) is 10.4. The molecule has 5 nitrogen and oxygen atoms in total. The minimum Gasteiger partial charge on any atom is -0.497 e. The third-order valence-corrected chi connectivity index (χ3v) is 6.75. The molecule has 1 amide bonds. The number of carbonyl (C=O) groups excluding carboxylic acids is 1. The average molecular weight is 542 g/mol. The van der Waals surface area contributed by atoms with Crippen LogP contribution >= 0.6 is 39.9 Å². The molecule has 4 rings (SSSR count). The van der Waals surface area contributed by atoms with Gasteiger partial charge < -0.3 is 14.2 Å². The van der Waals surface area contributed by atoms with E-state index in [1.54, 1.807) is 26.4 Å². The molecule has 33 heavy (non-hydrogen) atoms. The molecule has 0 radical (unpaired) electrons. The third-order valence-electron chi connectivity index (χ3n) is 4.92. The first-order chi connectivity index (χ1) is 16.0. The first-order valence-electron chi connectivity index (χ1n) is 9.96. The van der Waals surface area contributed by atoms with Crippen LogP contribution in [0.2, 0.25) is 0 Å². The van der Waals surface area contributed by atoms with Crippen molar-refractivity contribution in [1.82, 2.24) is 0 Å². The summed E-state index contributed by atoms with van der Waals surface area (Å²) in [4.78, 5) is 15.1.